The molecule has 0 aromatic heterocycles. The minimum atomic E-state index is -3.63. The third-order valence-corrected chi connectivity index (χ3v) is 3.98. The van der Waals surface area contributed by atoms with Crippen molar-refractivity contribution >= 4 is 33.3 Å². The second-order valence-corrected chi connectivity index (χ2v) is 6.28. The van der Waals surface area contributed by atoms with Gasteiger partial charge in [0, 0.05) is 5.02 Å². The minimum absolute atomic E-state index is 0.298. The summed E-state index contributed by atoms with van der Waals surface area (Å²) >= 11 is 5.86. The van der Waals surface area contributed by atoms with Gasteiger partial charge in [-0.25, -0.2) is 13.2 Å². The first-order valence-electron chi connectivity index (χ1n) is 5.64. The van der Waals surface area contributed by atoms with Crippen molar-refractivity contribution in [1.82, 2.24) is 0 Å². The molecule has 1 unspecified atom stereocenters. The highest BCUT2D eigenvalue weighted by Crippen LogP contribution is 2.25. The molecule has 1 aromatic rings. The van der Waals surface area contributed by atoms with Crippen molar-refractivity contribution in [3.8, 4) is 0 Å². The van der Waals surface area contributed by atoms with Crippen LogP contribution in [0.1, 0.15) is 13.3 Å². The number of hydrogen-bond donors (Lipinski definition) is 0. The fourth-order valence-electron chi connectivity index (χ4n) is 1.78. The lowest BCUT2D eigenvalue weighted by atomic mass is 10.2. The number of ether oxygens (including phenoxy) is 1. The third kappa shape index (κ3) is 3.84. The Balaban J connectivity index is 3.34. The van der Waals surface area contributed by atoms with Crippen molar-refractivity contribution in [1.29, 1.82) is 0 Å². The van der Waals surface area contributed by atoms with Crippen LogP contribution in [0.25, 0.3) is 0 Å². The number of methoxy groups -OCH3 is 1. The van der Waals surface area contributed by atoms with E-state index >= 15 is 0 Å². The van der Waals surface area contributed by atoms with Gasteiger partial charge in [0.2, 0.25) is 10.0 Å². The van der Waals surface area contributed by atoms with E-state index < -0.39 is 22.0 Å². The number of halogens is 1. The second-order valence-electron chi connectivity index (χ2n) is 3.99. The number of rotatable bonds is 5. The molecule has 0 amide bonds. The molecule has 7 heteroatoms. The van der Waals surface area contributed by atoms with Crippen LogP contribution in [0.5, 0.6) is 0 Å². The Labute approximate surface area is 118 Å². The average Bonchev–Trinajstić information content (AvgIpc) is 2.33. The molecule has 1 aromatic carbocycles. The molecule has 106 valence electrons. The highest BCUT2D eigenvalue weighted by atomic mass is 35.5. The van der Waals surface area contributed by atoms with Crippen molar-refractivity contribution in [3.05, 3.63) is 29.3 Å². The molecule has 19 heavy (non-hydrogen) atoms. The zero-order chi connectivity index (χ0) is 14.6. The molecule has 5 nitrogen and oxygen atoms in total. The Bertz CT molecular complexity index is 559. The predicted octanol–water partition coefficient (Wildman–Crippen LogP) is 2.06. The van der Waals surface area contributed by atoms with E-state index in [1.54, 1.807) is 25.1 Å². The Morgan fingerprint density at radius 1 is 1.47 bits per heavy atom. The summed E-state index contributed by atoms with van der Waals surface area (Å²) in [5.41, 5.74) is 0.340. The second kappa shape index (κ2) is 6.25. The van der Waals surface area contributed by atoms with Crippen LogP contribution in [0, 0.1) is 0 Å². The summed E-state index contributed by atoms with van der Waals surface area (Å²) in [7, 11) is -2.40. The van der Waals surface area contributed by atoms with Crippen LogP contribution in [-0.4, -0.2) is 33.8 Å². The summed E-state index contributed by atoms with van der Waals surface area (Å²) in [5.74, 6) is -0.604. The van der Waals surface area contributed by atoms with Gasteiger partial charge in [-0.05, 0) is 24.6 Å². The first-order chi connectivity index (χ1) is 8.81. The van der Waals surface area contributed by atoms with Gasteiger partial charge in [0.1, 0.15) is 6.04 Å². The monoisotopic (exact) mass is 305 g/mol. The van der Waals surface area contributed by atoms with E-state index in [1.807, 2.05) is 0 Å². The minimum Gasteiger partial charge on any atom is -0.467 e. The smallest absolute Gasteiger partial charge is 0.329 e. The molecule has 0 fully saturated rings. The van der Waals surface area contributed by atoms with Gasteiger partial charge in [0.15, 0.2) is 0 Å². The number of carbonyl (C=O) groups excluding carboxylic acids is 1. The first kappa shape index (κ1) is 15.8. The molecule has 0 bridgehead atoms. The molecule has 1 rings (SSSR count). The zero-order valence-electron chi connectivity index (χ0n) is 11.0. The number of hydrogen-bond acceptors (Lipinski definition) is 4. The third-order valence-electron chi connectivity index (χ3n) is 2.56. The topological polar surface area (TPSA) is 63.7 Å². The fraction of sp³-hybridized carbons (Fsp3) is 0.417. The maximum Gasteiger partial charge on any atom is 0.329 e. The largest absolute Gasteiger partial charge is 0.467 e. The number of carbonyl (C=O) groups is 1. The SMILES string of the molecule is CCC(C(=O)OC)N(c1cccc(Cl)c1)S(C)(=O)=O. The van der Waals surface area contributed by atoms with Crippen LogP contribution < -0.4 is 4.31 Å². The Morgan fingerprint density at radius 2 is 2.11 bits per heavy atom. The molecule has 0 aliphatic carbocycles. The zero-order valence-corrected chi connectivity index (χ0v) is 12.5. The maximum atomic E-state index is 11.9. The summed E-state index contributed by atoms with van der Waals surface area (Å²) in [4.78, 5) is 11.7. The van der Waals surface area contributed by atoms with E-state index in [1.165, 1.54) is 13.2 Å². The van der Waals surface area contributed by atoms with Gasteiger partial charge in [0.25, 0.3) is 0 Å². The molecule has 0 aliphatic rings. The van der Waals surface area contributed by atoms with E-state index in [0.29, 0.717) is 17.1 Å². The van der Waals surface area contributed by atoms with Crippen LogP contribution in [0.3, 0.4) is 0 Å². The van der Waals surface area contributed by atoms with Crippen molar-refractivity contribution in [2.24, 2.45) is 0 Å². The van der Waals surface area contributed by atoms with Crippen LogP contribution in [0.2, 0.25) is 5.02 Å². The molecule has 0 heterocycles. The van der Waals surface area contributed by atoms with E-state index in [2.05, 4.69) is 4.74 Å². The number of anilines is 1. The first-order valence-corrected chi connectivity index (χ1v) is 7.86. The molecule has 0 N–H and O–H groups in total. The van der Waals surface area contributed by atoms with E-state index in [4.69, 9.17) is 11.6 Å². The van der Waals surface area contributed by atoms with E-state index in [-0.39, 0.29) is 0 Å². The number of nitrogens with zero attached hydrogens (tertiary/aromatic N) is 1. The van der Waals surface area contributed by atoms with Crippen molar-refractivity contribution in [3.63, 3.8) is 0 Å². The molecule has 0 saturated heterocycles. The molecule has 0 aliphatic heterocycles. The van der Waals surface area contributed by atoms with Crippen LogP contribution in [-0.2, 0) is 19.6 Å². The van der Waals surface area contributed by atoms with Crippen LogP contribution >= 0.6 is 11.6 Å². The van der Waals surface area contributed by atoms with Gasteiger partial charge in [-0.15, -0.1) is 0 Å². The van der Waals surface area contributed by atoms with Gasteiger partial charge in [-0.2, -0.15) is 0 Å². The van der Waals surface area contributed by atoms with E-state index in [0.717, 1.165) is 10.6 Å². The van der Waals surface area contributed by atoms with Crippen molar-refractivity contribution in [2.75, 3.05) is 17.7 Å². The molecule has 0 radical (unpaired) electrons. The van der Waals surface area contributed by atoms with Crippen molar-refractivity contribution in [2.45, 2.75) is 19.4 Å². The van der Waals surface area contributed by atoms with Crippen LogP contribution in [0.15, 0.2) is 24.3 Å². The molecule has 0 spiro atoms. The molecule has 0 saturated carbocycles. The van der Waals surface area contributed by atoms with Gasteiger partial charge in [-0.3, -0.25) is 4.31 Å². The maximum absolute atomic E-state index is 11.9. The van der Waals surface area contributed by atoms with E-state index in [9.17, 15) is 13.2 Å². The van der Waals surface area contributed by atoms with Gasteiger partial charge in [-0.1, -0.05) is 24.6 Å². The van der Waals surface area contributed by atoms with Crippen LogP contribution in [0.4, 0.5) is 5.69 Å². The highest BCUT2D eigenvalue weighted by Gasteiger charge is 2.32. The normalized spacial score (nSPS) is 12.8. The Hall–Kier alpha value is -1.27. The number of benzene rings is 1. The lowest BCUT2D eigenvalue weighted by molar-refractivity contribution is -0.142. The number of sulfonamides is 1. The summed E-state index contributed by atoms with van der Waals surface area (Å²) in [6.45, 7) is 1.71. The summed E-state index contributed by atoms with van der Waals surface area (Å²) < 4.78 is 29.6. The summed E-state index contributed by atoms with van der Waals surface area (Å²) in [5, 5.41) is 0.394. The standard InChI is InChI=1S/C12H16ClNO4S/c1-4-11(12(15)18-2)14(19(3,16)17)10-7-5-6-9(13)8-10/h5-8,11H,4H2,1-3H3. The Kier molecular flexibility index (Phi) is 5.20. The molecule has 1 atom stereocenters. The lowest BCUT2D eigenvalue weighted by Crippen LogP contribution is -2.45. The fourth-order valence-corrected chi connectivity index (χ4v) is 3.16. The van der Waals surface area contributed by atoms with Gasteiger partial charge < -0.3 is 4.74 Å². The van der Waals surface area contributed by atoms with Gasteiger partial charge >= 0.3 is 5.97 Å². The predicted molar refractivity (Wildman–Crippen MR) is 74.9 cm³/mol. The number of esters is 1. The Morgan fingerprint density at radius 3 is 2.53 bits per heavy atom. The van der Waals surface area contributed by atoms with Crippen molar-refractivity contribution < 1.29 is 17.9 Å². The quantitative estimate of drug-likeness (QED) is 0.781. The van der Waals surface area contributed by atoms with Gasteiger partial charge in [0.05, 0.1) is 19.1 Å². The average molecular weight is 306 g/mol. The molecular weight excluding hydrogens is 290 g/mol. The highest BCUT2D eigenvalue weighted by molar-refractivity contribution is 7.92. The lowest BCUT2D eigenvalue weighted by Gasteiger charge is -2.29. The molecular formula is C12H16ClNO4S. The summed E-state index contributed by atoms with van der Waals surface area (Å²) in [6.07, 6.45) is 1.34. The summed E-state index contributed by atoms with van der Waals surface area (Å²) in [6, 6.07) is 5.43.